The van der Waals surface area contributed by atoms with E-state index < -0.39 is 0 Å². The van der Waals surface area contributed by atoms with Gasteiger partial charge in [-0.3, -0.25) is 4.79 Å². The van der Waals surface area contributed by atoms with Crippen molar-refractivity contribution >= 4 is 17.7 Å². The van der Waals surface area contributed by atoms with Crippen LogP contribution in [0.1, 0.15) is 24.9 Å². The summed E-state index contributed by atoms with van der Waals surface area (Å²) in [6.45, 7) is 1.80. The summed E-state index contributed by atoms with van der Waals surface area (Å²) in [4.78, 5) is 11.9. The van der Waals surface area contributed by atoms with E-state index in [1.54, 1.807) is 13.0 Å². The molecule has 94 valence electrons. The summed E-state index contributed by atoms with van der Waals surface area (Å²) >= 11 is 1.48. The van der Waals surface area contributed by atoms with E-state index in [1.807, 2.05) is 0 Å². The summed E-state index contributed by atoms with van der Waals surface area (Å²) < 4.78 is 17.6. The number of nitrogens with two attached hydrogens (primary N) is 1. The number of ether oxygens (including phenoxy) is 1. The summed E-state index contributed by atoms with van der Waals surface area (Å²) in [5.41, 5.74) is 6.53. The topological polar surface area (TPSA) is 52.3 Å². The highest BCUT2D eigenvalue weighted by atomic mass is 32.2. The Morgan fingerprint density at radius 3 is 2.88 bits per heavy atom. The summed E-state index contributed by atoms with van der Waals surface area (Å²) in [6.07, 6.45) is 0.330. The lowest BCUT2D eigenvalue weighted by molar-refractivity contribution is -0.140. The number of carbonyl (C=O) groups is 1. The fourth-order valence-corrected chi connectivity index (χ4v) is 2.42. The molecule has 2 N–H and O–H groups in total. The molecule has 0 amide bonds. The summed E-state index contributed by atoms with van der Waals surface area (Å²) in [5.74, 6) is 0.0504. The van der Waals surface area contributed by atoms with E-state index in [9.17, 15) is 9.18 Å². The minimum Gasteiger partial charge on any atom is -0.469 e. The Labute approximate surface area is 105 Å². The van der Waals surface area contributed by atoms with Crippen LogP contribution in [0.5, 0.6) is 0 Å². The van der Waals surface area contributed by atoms with Crippen LogP contribution in [0.15, 0.2) is 23.1 Å². The van der Waals surface area contributed by atoms with Gasteiger partial charge in [0.15, 0.2) is 0 Å². The first-order valence-corrected chi connectivity index (χ1v) is 6.27. The third-order valence-corrected chi connectivity index (χ3v) is 3.34. The van der Waals surface area contributed by atoms with Gasteiger partial charge in [-0.15, -0.1) is 11.8 Å². The number of halogens is 1. The molecule has 0 fully saturated rings. The van der Waals surface area contributed by atoms with Gasteiger partial charge in [-0.1, -0.05) is 0 Å². The molecule has 0 heterocycles. The molecule has 0 saturated heterocycles. The average Bonchev–Trinajstić information content (AvgIpc) is 2.30. The number of hydrogen-bond acceptors (Lipinski definition) is 4. The zero-order valence-electron chi connectivity index (χ0n) is 9.90. The zero-order chi connectivity index (χ0) is 12.8. The predicted octanol–water partition coefficient (Wildman–Crippen LogP) is 2.50. The first-order valence-electron chi connectivity index (χ1n) is 5.29. The molecule has 1 aromatic rings. The van der Waals surface area contributed by atoms with Crippen LogP contribution in [-0.4, -0.2) is 18.8 Å². The largest absolute Gasteiger partial charge is 0.469 e. The number of carbonyl (C=O) groups excluding carboxylic acids is 1. The van der Waals surface area contributed by atoms with Gasteiger partial charge >= 0.3 is 5.97 Å². The fraction of sp³-hybridized carbons (Fsp3) is 0.417. The Balaban J connectivity index is 2.67. The molecule has 0 aromatic heterocycles. The average molecular weight is 257 g/mol. The van der Waals surface area contributed by atoms with E-state index in [4.69, 9.17) is 5.73 Å². The molecule has 1 atom stereocenters. The van der Waals surface area contributed by atoms with Crippen molar-refractivity contribution in [3.05, 3.63) is 29.6 Å². The van der Waals surface area contributed by atoms with Crippen molar-refractivity contribution in [3.63, 3.8) is 0 Å². The molecule has 3 nitrogen and oxygen atoms in total. The second-order valence-electron chi connectivity index (χ2n) is 3.65. The molecule has 1 rings (SSSR count). The van der Waals surface area contributed by atoms with Gasteiger partial charge in [0.1, 0.15) is 5.82 Å². The van der Waals surface area contributed by atoms with Gasteiger partial charge in [-0.25, -0.2) is 4.39 Å². The van der Waals surface area contributed by atoms with E-state index in [0.29, 0.717) is 12.2 Å². The molecule has 0 radical (unpaired) electrons. The van der Waals surface area contributed by atoms with Crippen molar-refractivity contribution in [2.75, 3.05) is 12.9 Å². The normalized spacial score (nSPS) is 12.2. The monoisotopic (exact) mass is 257 g/mol. The number of hydrogen-bond donors (Lipinski definition) is 1. The van der Waals surface area contributed by atoms with Gasteiger partial charge in [0, 0.05) is 16.7 Å². The molecule has 0 unspecified atom stereocenters. The minimum absolute atomic E-state index is 0.230. The molecular formula is C12H16FNO2S. The van der Waals surface area contributed by atoms with Crippen molar-refractivity contribution in [1.82, 2.24) is 0 Å². The number of thioether (sulfide) groups is 1. The van der Waals surface area contributed by atoms with Gasteiger partial charge in [0.25, 0.3) is 0 Å². The van der Waals surface area contributed by atoms with Crippen molar-refractivity contribution in [2.45, 2.75) is 24.3 Å². The van der Waals surface area contributed by atoms with Crippen LogP contribution in [0.3, 0.4) is 0 Å². The van der Waals surface area contributed by atoms with E-state index in [1.165, 1.54) is 31.0 Å². The van der Waals surface area contributed by atoms with Crippen LogP contribution in [0.25, 0.3) is 0 Å². The third kappa shape index (κ3) is 4.36. The zero-order valence-corrected chi connectivity index (χ0v) is 10.7. The minimum atomic E-state index is -0.297. The molecule has 0 aliphatic heterocycles. The highest BCUT2D eigenvalue weighted by molar-refractivity contribution is 7.99. The Kier molecular flexibility index (Phi) is 5.44. The molecular weight excluding hydrogens is 241 g/mol. The lowest BCUT2D eigenvalue weighted by atomic mass is 10.1. The lowest BCUT2D eigenvalue weighted by Gasteiger charge is -2.12. The first kappa shape index (κ1) is 14.0. The number of esters is 1. The van der Waals surface area contributed by atoms with Crippen molar-refractivity contribution in [2.24, 2.45) is 5.73 Å². The highest BCUT2D eigenvalue weighted by Gasteiger charge is 2.09. The number of rotatable bonds is 5. The fourth-order valence-electron chi connectivity index (χ4n) is 1.35. The summed E-state index contributed by atoms with van der Waals surface area (Å²) in [7, 11) is 1.36. The van der Waals surface area contributed by atoms with Crippen molar-refractivity contribution in [1.29, 1.82) is 0 Å². The van der Waals surface area contributed by atoms with E-state index in [-0.39, 0.29) is 17.8 Å². The third-order valence-electron chi connectivity index (χ3n) is 2.25. The van der Waals surface area contributed by atoms with Gasteiger partial charge < -0.3 is 10.5 Å². The molecule has 5 heteroatoms. The molecule has 0 spiro atoms. The molecule has 17 heavy (non-hydrogen) atoms. The van der Waals surface area contributed by atoms with Crippen LogP contribution in [-0.2, 0) is 9.53 Å². The number of methoxy groups -OCH3 is 1. The standard InChI is InChI=1S/C12H16FNO2S/c1-8(14)10-7-9(13)3-4-11(10)17-6-5-12(15)16-2/h3-4,7-8H,5-6,14H2,1-2H3/t8-/m1/s1. The second-order valence-corrected chi connectivity index (χ2v) is 4.78. The molecule has 0 aliphatic carbocycles. The van der Waals surface area contributed by atoms with E-state index in [0.717, 1.165) is 10.5 Å². The Hall–Kier alpha value is -1.07. The van der Waals surface area contributed by atoms with Crippen molar-refractivity contribution < 1.29 is 13.9 Å². The Bertz CT molecular complexity index is 396. The van der Waals surface area contributed by atoms with Crippen molar-refractivity contribution in [3.8, 4) is 0 Å². The molecule has 0 saturated carbocycles. The maximum Gasteiger partial charge on any atom is 0.306 e. The smallest absolute Gasteiger partial charge is 0.306 e. The SMILES string of the molecule is COC(=O)CCSc1ccc(F)cc1[C@@H](C)N. The highest BCUT2D eigenvalue weighted by Crippen LogP contribution is 2.27. The van der Waals surface area contributed by atoms with Gasteiger partial charge in [-0.05, 0) is 30.7 Å². The lowest BCUT2D eigenvalue weighted by Crippen LogP contribution is -2.07. The molecule has 0 aliphatic rings. The van der Waals surface area contributed by atoms with Crippen LogP contribution in [0.4, 0.5) is 4.39 Å². The van der Waals surface area contributed by atoms with E-state index in [2.05, 4.69) is 4.74 Å². The predicted molar refractivity (Wildman–Crippen MR) is 66.4 cm³/mol. The quantitative estimate of drug-likeness (QED) is 0.650. The van der Waals surface area contributed by atoms with E-state index >= 15 is 0 Å². The van der Waals surface area contributed by atoms with Gasteiger partial charge in [0.2, 0.25) is 0 Å². The van der Waals surface area contributed by atoms with Crippen LogP contribution in [0, 0.1) is 5.82 Å². The van der Waals surface area contributed by atoms with Crippen LogP contribution in [0.2, 0.25) is 0 Å². The first-order chi connectivity index (χ1) is 8.04. The number of benzene rings is 1. The van der Waals surface area contributed by atoms with Gasteiger partial charge in [0.05, 0.1) is 13.5 Å². The summed E-state index contributed by atoms with van der Waals surface area (Å²) in [5, 5.41) is 0. The molecule has 1 aromatic carbocycles. The Morgan fingerprint density at radius 2 is 2.29 bits per heavy atom. The van der Waals surface area contributed by atoms with Crippen LogP contribution >= 0.6 is 11.8 Å². The second kappa shape index (κ2) is 6.61. The summed E-state index contributed by atoms with van der Waals surface area (Å²) in [6, 6.07) is 4.29. The Morgan fingerprint density at radius 1 is 1.59 bits per heavy atom. The van der Waals surface area contributed by atoms with Gasteiger partial charge in [-0.2, -0.15) is 0 Å². The maximum atomic E-state index is 13.1. The molecule has 0 bridgehead atoms. The van der Waals surface area contributed by atoms with Crippen LogP contribution < -0.4 is 5.73 Å². The maximum absolute atomic E-state index is 13.1.